The van der Waals surface area contributed by atoms with E-state index in [0.717, 1.165) is 42.1 Å². The number of pyridine rings is 1. The summed E-state index contributed by atoms with van der Waals surface area (Å²) in [6, 6.07) is 2.23. The topological polar surface area (TPSA) is 42.2 Å². The smallest absolute Gasteiger partial charge is 0.141 e. The predicted octanol–water partition coefficient (Wildman–Crippen LogP) is 2.34. The number of nitrogens with zero attached hydrogens (tertiary/aromatic N) is 3. The number of hydrogen-bond donors (Lipinski definition) is 0. The van der Waals surface area contributed by atoms with Crippen molar-refractivity contribution in [2.75, 3.05) is 13.6 Å². The van der Waals surface area contributed by atoms with Crippen LogP contribution in [0.4, 0.5) is 0 Å². The lowest BCUT2D eigenvalue weighted by Gasteiger charge is -2.24. The van der Waals surface area contributed by atoms with E-state index in [4.69, 9.17) is 4.52 Å². The second-order valence-corrected chi connectivity index (χ2v) is 5.02. The van der Waals surface area contributed by atoms with Crippen LogP contribution in [0.1, 0.15) is 22.7 Å². The lowest BCUT2D eigenvalue weighted by molar-refractivity contribution is 0.310. The minimum absolute atomic E-state index is 0.860. The molecule has 2 aromatic heterocycles. The van der Waals surface area contributed by atoms with Gasteiger partial charge in [0.15, 0.2) is 0 Å². The zero-order valence-corrected chi connectivity index (χ0v) is 11.0. The Morgan fingerprint density at radius 2 is 2.17 bits per heavy atom. The summed E-state index contributed by atoms with van der Waals surface area (Å²) in [6.45, 7) is 5.97. The highest BCUT2D eigenvalue weighted by Crippen LogP contribution is 2.28. The van der Waals surface area contributed by atoms with Crippen LogP contribution in [0.25, 0.3) is 11.1 Å². The molecule has 0 radical (unpaired) electrons. The van der Waals surface area contributed by atoms with Crippen molar-refractivity contribution in [1.29, 1.82) is 0 Å². The molecule has 4 heteroatoms. The molecular formula is C14H17N3O. The fourth-order valence-corrected chi connectivity index (χ4v) is 2.60. The normalized spacial score (nSPS) is 15.7. The van der Waals surface area contributed by atoms with Gasteiger partial charge in [-0.15, -0.1) is 0 Å². The van der Waals surface area contributed by atoms with E-state index >= 15 is 0 Å². The molecular weight excluding hydrogens is 226 g/mol. The Kier molecular flexibility index (Phi) is 2.67. The van der Waals surface area contributed by atoms with E-state index in [0.29, 0.717) is 0 Å². The van der Waals surface area contributed by atoms with Crippen molar-refractivity contribution in [2.24, 2.45) is 0 Å². The van der Waals surface area contributed by atoms with Gasteiger partial charge in [-0.1, -0.05) is 5.16 Å². The van der Waals surface area contributed by atoms with Crippen LogP contribution < -0.4 is 0 Å². The summed E-state index contributed by atoms with van der Waals surface area (Å²) in [5.74, 6) is 0.860. The van der Waals surface area contributed by atoms with Crippen LogP contribution in [0.5, 0.6) is 0 Å². The highest BCUT2D eigenvalue weighted by Gasteiger charge is 2.17. The molecule has 18 heavy (non-hydrogen) atoms. The van der Waals surface area contributed by atoms with Gasteiger partial charge in [-0.25, -0.2) is 0 Å². The van der Waals surface area contributed by atoms with Crippen LogP contribution in [0.15, 0.2) is 16.8 Å². The molecule has 0 amide bonds. The first kappa shape index (κ1) is 11.4. The Morgan fingerprint density at radius 1 is 1.33 bits per heavy atom. The minimum Gasteiger partial charge on any atom is -0.361 e. The van der Waals surface area contributed by atoms with E-state index in [2.05, 4.69) is 28.2 Å². The maximum Gasteiger partial charge on any atom is 0.141 e. The van der Waals surface area contributed by atoms with Crippen molar-refractivity contribution in [1.82, 2.24) is 15.0 Å². The molecule has 0 saturated carbocycles. The highest BCUT2D eigenvalue weighted by atomic mass is 16.5. The molecule has 0 N–H and O–H groups in total. The lowest BCUT2D eigenvalue weighted by Crippen LogP contribution is -2.27. The maximum absolute atomic E-state index is 5.23. The Balaban J connectivity index is 2.07. The number of rotatable bonds is 1. The van der Waals surface area contributed by atoms with Crippen LogP contribution in [-0.2, 0) is 13.0 Å². The summed E-state index contributed by atoms with van der Waals surface area (Å²) in [4.78, 5) is 6.92. The number of likely N-dealkylation sites (N-methyl/N-ethyl adjacent to an activating group) is 1. The fraction of sp³-hybridized carbons (Fsp3) is 0.429. The highest BCUT2D eigenvalue weighted by molar-refractivity contribution is 5.67. The van der Waals surface area contributed by atoms with Crippen molar-refractivity contribution in [3.63, 3.8) is 0 Å². The fourth-order valence-electron chi connectivity index (χ4n) is 2.60. The first-order valence-corrected chi connectivity index (χ1v) is 6.24. The van der Waals surface area contributed by atoms with Crippen molar-refractivity contribution < 1.29 is 4.52 Å². The largest absolute Gasteiger partial charge is 0.361 e. The zero-order chi connectivity index (χ0) is 12.7. The first-order valence-electron chi connectivity index (χ1n) is 6.24. The quantitative estimate of drug-likeness (QED) is 0.771. The van der Waals surface area contributed by atoms with Crippen LogP contribution in [0, 0.1) is 13.8 Å². The average Bonchev–Trinajstić information content (AvgIpc) is 2.68. The third kappa shape index (κ3) is 1.82. The molecule has 4 nitrogen and oxygen atoms in total. The lowest BCUT2D eigenvalue weighted by atomic mass is 10.00. The van der Waals surface area contributed by atoms with Gasteiger partial charge < -0.3 is 9.42 Å². The Bertz CT molecular complexity index is 569. The van der Waals surface area contributed by atoms with Gasteiger partial charge in [-0.05, 0) is 32.5 Å². The van der Waals surface area contributed by atoms with Crippen molar-refractivity contribution in [2.45, 2.75) is 26.8 Å². The molecule has 0 unspecified atom stereocenters. The van der Waals surface area contributed by atoms with Gasteiger partial charge >= 0.3 is 0 Å². The SMILES string of the molecule is Cc1noc(C)c1-c1cnc2c(c1)CN(C)CC2. The van der Waals surface area contributed by atoms with E-state index < -0.39 is 0 Å². The van der Waals surface area contributed by atoms with E-state index in [-0.39, 0.29) is 0 Å². The summed E-state index contributed by atoms with van der Waals surface area (Å²) < 4.78 is 5.23. The van der Waals surface area contributed by atoms with Gasteiger partial charge in [0.1, 0.15) is 5.76 Å². The monoisotopic (exact) mass is 243 g/mol. The Labute approximate surface area is 107 Å². The Hall–Kier alpha value is -1.68. The van der Waals surface area contributed by atoms with Gasteiger partial charge in [-0.2, -0.15) is 0 Å². The molecule has 0 saturated heterocycles. The predicted molar refractivity (Wildman–Crippen MR) is 69.2 cm³/mol. The van der Waals surface area contributed by atoms with Crippen molar-refractivity contribution in [3.8, 4) is 11.1 Å². The number of aromatic nitrogens is 2. The van der Waals surface area contributed by atoms with Gasteiger partial charge in [0, 0.05) is 42.5 Å². The second-order valence-electron chi connectivity index (χ2n) is 5.02. The summed E-state index contributed by atoms with van der Waals surface area (Å²) in [5, 5.41) is 4.01. The minimum atomic E-state index is 0.860. The third-order valence-electron chi connectivity index (χ3n) is 3.55. The summed E-state index contributed by atoms with van der Waals surface area (Å²) >= 11 is 0. The van der Waals surface area contributed by atoms with Crippen LogP contribution in [0.2, 0.25) is 0 Å². The van der Waals surface area contributed by atoms with Crippen molar-refractivity contribution in [3.05, 3.63) is 35.0 Å². The molecule has 1 aliphatic rings. The van der Waals surface area contributed by atoms with Crippen molar-refractivity contribution >= 4 is 0 Å². The molecule has 3 heterocycles. The molecule has 3 rings (SSSR count). The maximum atomic E-state index is 5.23. The van der Waals surface area contributed by atoms with Crippen LogP contribution >= 0.6 is 0 Å². The molecule has 0 fully saturated rings. The summed E-state index contributed by atoms with van der Waals surface area (Å²) in [7, 11) is 2.14. The van der Waals surface area contributed by atoms with E-state index in [1.807, 2.05) is 20.0 Å². The van der Waals surface area contributed by atoms with E-state index in [1.165, 1.54) is 11.3 Å². The van der Waals surface area contributed by atoms with E-state index in [9.17, 15) is 0 Å². The molecule has 2 aromatic rings. The molecule has 94 valence electrons. The third-order valence-corrected chi connectivity index (χ3v) is 3.55. The van der Waals surface area contributed by atoms with Gasteiger partial charge in [0.05, 0.1) is 5.69 Å². The second kappa shape index (κ2) is 4.21. The molecule has 0 spiro atoms. The zero-order valence-electron chi connectivity index (χ0n) is 11.0. The standard InChI is InChI=1S/C14H17N3O/c1-9-14(10(2)18-16-9)11-6-12-8-17(3)5-4-13(12)15-7-11/h6-7H,4-5,8H2,1-3H3. The van der Waals surface area contributed by atoms with E-state index in [1.54, 1.807) is 0 Å². The molecule has 0 bridgehead atoms. The molecule has 0 atom stereocenters. The molecule has 0 aromatic carbocycles. The first-order chi connectivity index (χ1) is 8.65. The van der Waals surface area contributed by atoms with Gasteiger partial charge in [0.25, 0.3) is 0 Å². The summed E-state index contributed by atoms with van der Waals surface area (Å²) in [5.41, 5.74) is 5.67. The number of aryl methyl sites for hydroxylation is 2. The van der Waals surface area contributed by atoms with Crippen LogP contribution in [-0.4, -0.2) is 28.6 Å². The average molecular weight is 243 g/mol. The van der Waals surface area contributed by atoms with Gasteiger partial charge in [0.2, 0.25) is 0 Å². The van der Waals surface area contributed by atoms with Gasteiger partial charge in [-0.3, -0.25) is 4.98 Å². The number of fused-ring (bicyclic) bond motifs is 1. The van der Waals surface area contributed by atoms with Crippen LogP contribution in [0.3, 0.4) is 0 Å². The number of hydrogen-bond acceptors (Lipinski definition) is 4. The molecule has 1 aliphatic heterocycles. The molecule has 0 aliphatic carbocycles. The Morgan fingerprint density at radius 3 is 2.89 bits per heavy atom. The summed E-state index contributed by atoms with van der Waals surface area (Å²) in [6.07, 6.45) is 2.98.